The molecule has 1 atom stereocenters. The van der Waals surface area contributed by atoms with E-state index in [2.05, 4.69) is 20.4 Å². The SMILES string of the molecule is O=C(NC1CCCN(c2ccc(Cl)cc2Cl)C1)c1ccc(=O)[nH]n1. The van der Waals surface area contributed by atoms with Crippen molar-refractivity contribution in [2.24, 2.45) is 0 Å². The second kappa shape index (κ2) is 7.23. The second-order valence-corrected chi connectivity index (χ2v) is 6.50. The van der Waals surface area contributed by atoms with Gasteiger partial charge in [-0.2, -0.15) is 5.10 Å². The van der Waals surface area contributed by atoms with Crippen LogP contribution in [-0.2, 0) is 0 Å². The van der Waals surface area contributed by atoms with Gasteiger partial charge in [-0.15, -0.1) is 0 Å². The van der Waals surface area contributed by atoms with Gasteiger partial charge in [0.2, 0.25) is 0 Å². The fourth-order valence-corrected chi connectivity index (χ4v) is 3.31. The standard InChI is InChI=1S/C16H16Cl2N4O2/c17-10-3-5-14(12(18)8-10)22-7-1-2-11(9-22)19-16(24)13-4-6-15(23)21-20-13/h3-6,8,11H,1-2,7,9H2,(H,19,24)(H,21,23). The van der Waals surface area contributed by atoms with Crippen molar-refractivity contribution in [3.8, 4) is 0 Å². The minimum Gasteiger partial charge on any atom is -0.368 e. The van der Waals surface area contributed by atoms with Crippen LogP contribution >= 0.6 is 23.2 Å². The number of aromatic amines is 1. The Morgan fingerprint density at radius 2 is 2.12 bits per heavy atom. The molecule has 0 saturated carbocycles. The zero-order chi connectivity index (χ0) is 17.1. The molecule has 0 radical (unpaired) electrons. The molecule has 1 amide bonds. The summed E-state index contributed by atoms with van der Waals surface area (Å²) in [5.74, 6) is -0.305. The number of halogens is 2. The summed E-state index contributed by atoms with van der Waals surface area (Å²) in [6.45, 7) is 1.51. The molecule has 0 spiro atoms. The number of benzene rings is 1. The lowest BCUT2D eigenvalue weighted by Gasteiger charge is -2.35. The molecule has 8 heteroatoms. The summed E-state index contributed by atoms with van der Waals surface area (Å²) in [5.41, 5.74) is 0.756. The van der Waals surface area contributed by atoms with Crippen LogP contribution in [0.5, 0.6) is 0 Å². The third-order valence-electron chi connectivity index (χ3n) is 3.92. The number of piperidine rings is 1. The van der Waals surface area contributed by atoms with Crippen molar-refractivity contribution < 1.29 is 4.79 Å². The lowest BCUT2D eigenvalue weighted by molar-refractivity contribution is 0.0927. The number of anilines is 1. The Morgan fingerprint density at radius 3 is 2.83 bits per heavy atom. The van der Waals surface area contributed by atoms with Gasteiger partial charge in [0.25, 0.3) is 11.5 Å². The molecule has 1 aliphatic heterocycles. The van der Waals surface area contributed by atoms with Crippen molar-refractivity contribution in [1.29, 1.82) is 0 Å². The van der Waals surface area contributed by atoms with E-state index in [1.807, 2.05) is 6.07 Å². The Bertz CT molecular complexity index is 788. The van der Waals surface area contributed by atoms with Gasteiger partial charge in [0.1, 0.15) is 5.69 Å². The number of carbonyl (C=O) groups is 1. The number of carbonyl (C=O) groups excluding carboxylic acids is 1. The van der Waals surface area contributed by atoms with Gasteiger partial charge in [-0.05, 0) is 37.1 Å². The quantitative estimate of drug-likeness (QED) is 0.874. The molecule has 1 fully saturated rings. The summed E-state index contributed by atoms with van der Waals surface area (Å²) in [7, 11) is 0. The highest BCUT2D eigenvalue weighted by Gasteiger charge is 2.23. The van der Waals surface area contributed by atoms with E-state index in [-0.39, 0.29) is 23.2 Å². The Kier molecular flexibility index (Phi) is 5.06. The van der Waals surface area contributed by atoms with Gasteiger partial charge in [-0.3, -0.25) is 9.59 Å². The first-order chi connectivity index (χ1) is 11.5. The Labute approximate surface area is 148 Å². The molecule has 2 heterocycles. The maximum atomic E-state index is 12.2. The molecular weight excluding hydrogens is 351 g/mol. The van der Waals surface area contributed by atoms with Crippen LogP contribution in [0.15, 0.2) is 35.1 Å². The largest absolute Gasteiger partial charge is 0.368 e. The highest BCUT2D eigenvalue weighted by Crippen LogP contribution is 2.30. The number of H-pyrrole nitrogens is 1. The van der Waals surface area contributed by atoms with Gasteiger partial charge in [-0.25, -0.2) is 5.10 Å². The predicted octanol–water partition coefficient (Wildman–Crippen LogP) is 2.48. The van der Waals surface area contributed by atoms with Crippen molar-refractivity contribution in [2.45, 2.75) is 18.9 Å². The zero-order valence-electron chi connectivity index (χ0n) is 12.8. The topological polar surface area (TPSA) is 78.1 Å². The zero-order valence-corrected chi connectivity index (χ0v) is 14.3. The van der Waals surface area contributed by atoms with Crippen molar-refractivity contribution in [2.75, 3.05) is 18.0 Å². The molecule has 1 aliphatic rings. The van der Waals surface area contributed by atoms with Crippen LogP contribution < -0.4 is 15.8 Å². The number of nitrogens with zero attached hydrogens (tertiary/aromatic N) is 2. The number of hydrogen-bond acceptors (Lipinski definition) is 4. The molecule has 1 saturated heterocycles. The van der Waals surface area contributed by atoms with Gasteiger partial charge >= 0.3 is 0 Å². The molecule has 1 aromatic carbocycles. The summed E-state index contributed by atoms with van der Waals surface area (Å²) >= 11 is 12.2. The van der Waals surface area contributed by atoms with E-state index >= 15 is 0 Å². The van der Waals surface area contributed by atoms with Crippen molar-refractivity contribution in [1.82, 2.24) is 15.5 Å². The molecular formula is C16H16Cl2N4O2. The van der Waals surface area contributed by atoms with Gasteiger partial charge < -0.3 is 10.2 Å². The highest BCUT2D eigenvalue weighted by atomic mass is 35.5. The second-order valence-electron chi connectivity index (χ2n) is 5.66. The van der Waals surface area contributed by atoms with Gasteiger partial charge in [0.15, 0.2) is 0 Å². The van der Waals surface area contributed by atoms with E-state index in [1.165, 1.54) is 12.1 Å². The van der Waals surface area contributed by atoms with Crippen LogP contribution in [0.1, 0.15) is 23.3 Å². The number of aromatic nitrogens is 2. The number of amides is 1. The van der Waals surface area contributed by atoms with E-state index in [1.54, 1.807) is 12.1 Å². The molecule has 3 rings (SSSR count). The molecule has 24 heavy (non-hydrogen) atoms. The molecule has 1 unspecified atom stereocenters. The fourth-order valence-electron chi connectivity index (χ4n) is 2.78. The number of nitrogens with one attached hydrogen (secondary N) is 2. The van der Waals surface area contributed by atoms with E-state index in [4.69, 9.17) is 23.2 Å². The van der Waals surface area contributed by atoms with Crippen LogP contribution in [0.3, 0.4) is 0 Å². The Hall–Kier alpha value is -2.05. The van der Waals surface area contributed by atoms with Crippen LogP contribution in [0.25, 0.3) is 0 Å². The van der Waals surface area contributed by atoms with Crippen molar-refractivity contribution in [3.05, 3.63) is 56.4 Å². The molecule has 0 aliphatic carbocycles. The number of hydrogen-bond donors (Lipinski definition) is 2. The van der Waals surface area contributed by atoms with E-state index < -0.39 is 0 Å². The molecule has 0 bridgehead atoms. The van der Waals surface area contributed by atoms with Gasteiger partial charge in [-0.1, -0.05) is 23.2 Å². The molecule has 1 aromatic heterocycles. The Balaban J connectivity index is 1.68. The maximum absolute atomic E-state index is 12.2. The maximum Gasteiger partial charge on any atom is 0.271 e. The van der Waals surface area contributed by atoms with Crippen LogP contribution in [0.4, 0.5) is 5.69 Å². The van der Waals surface area contributed by atoms with E-state index in [0.29, 0.717) is 16.6 Å². The average molecular weight is 367 g/mol. The molecule has 6 nitrogen and oxygen atoms in total. The van der Waals surface area contributed by atoms with Crippen molar-refractivity contribution in [3.63, 3.8) is 0 Å². The van der Waals surface area contributed by atoms with Crippen LogP contribution in [0, 0.1) is 0 Å². The minimum absolute atomic E-state index is 0.0216. The van der Waals surface area contributed by atoms with Gasteiger partial charge in [0, 0.05) is 30.2 Å². The van der Waals surface area contributed by atoms with E-state index in [0.717, 1.165) is 25.1 Å². The first-order valence-corrected chi connectivity index (χ1v) is 8.35. The minimum atomic E-state index is -0.340. The molecule has 2 N–H and O–H groups in total. The summed E-state index contributed by atoms with van der Waals surface area (Å²) in [5, 5.41) is 10.1. The highest BCUT2D eigenvalue weighted by molar-refractivity contribution is 6.36. The normalized spacial score (nSPS) is 17.6. The van der Waals surface area contributed by atoms with Gasteiger partial charge in [0.05, 0.1) is 10.7 Å². The number of rotatable bonds is 3. The molecule has 2 aromatic rings. The monoisotopic (exact) mass is 366 g/mol. The van der Waals surface area contributed by atoms with Crippen LogP contribution in [-0.4, -0.2) is 35.2 Å². The fraction of sp³-hybridized carbons (Fsp3) is 0.312. The average Bonchev–Trinajstić information content (AvgIpc) is 2.55. The first kappa shape index (κ1) is 16.8. The predicted molar refractivity (Wildman–Crippen MR) is 94.0 cm³/mol. The molecule has 126 valence electrons. The summed E-state index contributed by atoms with van der Waals surface area (Å²) in [6, 6.07) is 8.07. The van der Waals surface area contributed by atoms with Crippen LogP contribution in [0.2, 0.25) is 10.0 Å². The summed E-state index contributed by atoms with van der Waals surface area (Å²) in [4.78, 5) is 25.4. The smallest absolute Gasteiger partial charge is 0.271 e. The lowest BCUT2D eigenvalue weighted by Crippen LogP contribution is -2.48. The van der Waals surface area contributed by atoms with E-state index in [9.17, 15) is 9.59 Å². The third kappa shape index (κ3) is 3.88. The Morgan fingerprint density at radius 1 is 1.29 bits per heavy atom. The summed E-state index contributed by atoms with van der Waals surface area (Å²) < 4.78 is 0. The summed E-state index contributed by atoms with van der Waals surface area (Å²) in [6.07, 6.45) is 1.81. The van der Waals surface area contributed by atoms with Crippen molar-refractivity contribution >= 4 is 34.8 Å². The third-order valence-corrected chi connectivity index (χ3v) is 4.46. The lowest BCUT2D eigenvalue weighted by atomic mass is 10.0. The first-order valence-electron chi connectivity index (χ1n) is 7.59.